The number of benzene rings is 1. The molecule has 3 N–H and O–H groups in total. The van der Waals surface area contributed by atoms with Crippen molar-refractivity contribution in [1.82, 2.24) is 4.98 Å². The third kappa shape index (κ3) is 4.60. The standard InChI is InChI=1S/C18H21N3OS/c1-12(19)18(13(2)20)17-8-7-15(10-21-17)22-11-14-5-4-6-16(9-14)23-3/h4-10,19H,11,20H2,1-3H3. The van der Waals surface area contributed by atoms with Crippen molar-refractivity contribution < 1.29 is 4.74 Å². The number of aromatic nitrogens is 1. The first-order valence-electron chi connectivity index (χ1n) is 7.25. The third-order valence-corrected chi connectivity index (χ3v) is 4.03. The van der Waals surface area contributed by atoms with Gasteiger partial charge in [0.05, 0.1) is 11.9 Å². The molecule has 0 spiro atoms. The minimum Gasteiger partial charge on any atom is -0.487 e. The van der Waals surface area contributed by atoms with Crippen LogP contribution < -0.4 is 10.5 Å². The van der Waals surface area contributed by atoms with E-state index in [4.69, 9.17) is 15.9 Å². The molecule has 0 saturated heterocycles. The fourth-order valence-corrected chi connectivity index (χ4v) is 2.72. The summed E-state index contributed by atoms with van der Waals surface area (Å²) in [4.78, 5) is 5.58. The lowest BCUT2D eigenvalue weighted by Gasteiger charge is -2.10. The van der Waals surface area contributed by atoms with Crippen molar-refractivity contribution in [3.63, 3.8) is 0 Å². The largest absolute Gasteiger partial charge is 0.487 e. The highest BCUT2D eigenvalue weighted by Gasteiger charge is 2.08. The number of rotatable bonds is 6. The Labute approximate surface area is 141 Å². The molecule has 120 valence electrons. The first-order valence-corrected chi connectivity index (χ1v) is 8.47. The van der Waals surface area contributed by atoms with E-state index in [2.05, 4.69) is 23.4 Å². The molecule has 0 aliphatic carbocycles. The topological polar surface area (TPSA) is 72.0 Å². The van der Waals surface area contributed by atoms with Crippen LogP contribution in [0.1, 0.15) is 25.1 Å². The summed E-state index contributed by atoms with van der Waals surface area (Å²) in [6, 6.07) is 11.9. The van der Waals surface area contributed by atoms with Crippen LogP contribution >= 0.6 is 11.8 Å². The van der Waals surface area contributed by atoms with Gasteiger partial charge in [-0.1, -0.05) is 12.1 Å². The Hall–Kier alpha value is -2.27. The number of pyridine rings is 1. The monoisotopic (exact) mass is 327 g/mol. The molecule has 1 aromatic heterocycles. The zero-order valence-corrected chi connectivity index (χ0v) is 14.4. The molecule has 2 aromatic rings. The fourth-order valence-electron chi connectivity index (χ4n) is 2.23. The molecule has 2 rings (SSSR count). The Morgan fingerprint density at radius 1 is 1.26 bits per heavy atom. The van der Waals surface area contributed by atoms with Crippen molar-refractivity contribution in [2.45, 2.75) is 25.3 Å². The Kier molecular flexibility index (Phi) is 5.82. The van der Waals surface area contributed by atoms with Gasteiger partial charge in [0.15, 0.2) is 0 Å². The number of hydrogen-bond acceptors (Lipinski definition) is 5. The van der Waals surface area contributed by atoms with E-state index in [0.717, 1.165) is 5.56 Å². The summed E-state index contributed by atoms with van der Waals surface area (Å²) in [5.41, 5.74) is 9.31. The lowest BCUT2D eigenvalue weighted by Crippen LogP contribution is -2.06. The predicted molar refractivity (Wildman–Crippen MR) is 97.0 cm³/mol. The molecule has 23 heavy (non-hydrogen) atoms. The molecule has 0 amide bonds. The van der Waals surface area contributed by atoms with Crippen LogP contribution in [-0.4, -0.2) is 17.0 Å². The van der Waals surface area contributed by atoms with Gasteiger partial charge < -0.3 is 15.9 Å². The molecule has 0 unspecified atom stereocenters. The van der Waals surface area contributed by atoms with Gasteiger partial charge in [0.2, 0.25) is 0 Å². The van der Waals surface area contributed by atoms with E-state index >= 15 is 0 Å². The van der Waals surface area contributed by atoms with Crippen molar-refractivity contribution in [3.05, 3.63) is 59.5 Å². The lowest BCUT2D eigenvalue weighted by molar-refractivity contribution is 0.304. The maximum absolute atomic E-state index is 7.79. The van der Waals surface area contributed by atoms with Crippen LogP contribution in [0.15, 0.2) is 53.2 Å². The van der Waals surface area contributed by atoms with Gasteiger partial charge in [-0.2, -0.15) is 0 Å². The average Bonchev–Trinajstić information content (AvgIpc) is 2.54. The molecule has 0 atom stereocenters. The Bertz CT molecular complexity index is 719. The van der Waals surface area contributed by atoms with Gasteiger partial charge in [0, 0.05) is 21.9 Å². The highest BCUT2D eigenvalue weighted by atomic mass is 32.2. The van der Waals surface area contributed by atoms with E-state index in [1.807, 2.05) is 24.3 Å². The summed E-state index contributed by atoms with van der Waals surface area (Å²) in [6.07, 6.45) is 3.72. The summed E-state index contributed by atoms with van der Waals surface area (Å²) in [5, 5.41) is 7.79. The van der Waals surface area contributed by atoms with Crippen molar-refractivity contribution in [2.75, 3.05) is 6.26 Å². The van der Waals surface area contributed by atoms with Gasteiger partial charge in [-0.05, 0) is 49.9 Å². The number of nitrogens with one attached hydrogen (secondary N) is 1. The quantitative estimate of drug-likeness (QED) is 0.618. The normalized spacial score (nSPS) is 11.8. The van der Waals surface area contributed by atoms with Crippen LogP contribution in [0.5, 0.6) is 5.75 Å². The van der Waals surface area contributed by atoms with Crippen molar-refractivity contribution in [3.8, 4) is 5.75 Å². The molecule has 1 aromatic carbocycles. The minimum atomic E-state index is 0.403. The van der Waals surface area contributed by atoms with Crippen LogP contribution in [-0.2, 0) is 6.61 Å². The predicted octanol–water partition coefficient (Wildman–Crippen LogP) is 4.11. The van der Waals surface area contributed by atoms with Gasteiger partial charge in [-0.3, -0.25) is 4.98 Å². The van der Waals surface area contributed by atoms with Crippen LogP contribution in [0.4, 0.5) is 0 Å². The first-order chi connectivity index (χ1) is 11.0. The molecular formula is C18H21N3OS. The smallest absolute Gasteiger partial charge is 0.138 e. The number of nitrogens with two attached hydrogens (primary N) is 1. The minimum absolute atomic E-state index is 0.403. The van der Waals surface area contributed by atoms with E-state index in [1.54, 1.807) is 31.8 Å². The van der Waals surface area contributed by atoms with Crippen LogP contribution in [0, 0.1) is 5.41 Å². The van der Waals surface area contributed by atoms with Crippen molar-refractivity contribution in [2.24, 2.45) is 5.73 Å². The van der Waals surface area contributed by atoms with Gasteiger partial charge in [-0.25, -0.2) is 0 Å². The molecule has 0 radical (unpaired) electrons. The molecule has 1 heterocycles. The zero-order chi connectivity index (χ0) is 16.8. The Balaban J connectivity index is 2.08. The third-order valence-electron chi connectivity index (χ3n) is 3.30. The zero-order valence-electron chi connectivity index (χ0n) is 13.6. The first kappa shape index (κ1) is 17.1. The number of thioether (sulfide) groups is 1. The SMILES string of the molecule is CSc1cccc(COc2ccc(C(C(C)=N)=C(C)N)nc2)c1. The number of nitrogens with zero attached hydrogens (tertiary/aromatic N) is 1. The van der Waals surface area contributed by atoms with Crippen LogP contribution in [0.2, 0.25) is 0 Å². The fraction of sp³-hybridized carbons (Fsp3) is 0.222. The highest BCUT2D eigenvalue weighted by molar-refractivity contribution is 7.98. The highest BCUT2D eigenvalue weighted by Crippen LogP contribution is 2.20. The van der Waals surface area contributed by atoms with Crippen molar-refractivity contribution in [1.29, 1.82) is 5.41 Å². The second kappa shape index (κ2) is 7.83. The van der Waals surface area contributed by atoms with Crippen LogP contribution in [0.3, 0.4) is 0 Å². The van der Waals surface area contributed by atoms with E-state index in [9.17, 15) is 0 Å². The Morgan fingerprint density at radius 3 is 2.61 bits per heavy atom. The van der Waals surface area contributed by atoms with Crippen molar-refractivity contribution >= 4 is 23.0 Å². The lowest BCUT2D eigenvalue weighted by atomic mass is 10.1. The van der Waals surface area contributed by atoms with Gasteiger partial charge in [-0.15, -0.1) is 11.8 Å². The van der Waals surface area contributed by atoms with Gasteiger partial charge >= 0.3 is 0 Å². The molecule has 0 fully saturated rings. The average molecular weight is 327 g/mol. The molecular weight excluding hydrogens is 306 g/mol. The molecule has 0 saturated carbocycles. The number of ether oxygens (including phenoxy) is 1. The van der Waals surface area contributed by atoms with E-state index < -0.39 is 0 Å². The second-order valence-electron chi connectivity index (χ2n) is 5.20. The summed E-state index contributed by atoms with van der Waals surface area (Å²) >= 11 is 1.71. The summed E-state index contributed by atoms with van der Waals surface area (Å²) in [6.45, 7) is 3.98. The summed E-state index contributed by atoms with van der Waals surface area (Å²) in [7, 11) is 0. The van der Waals surface area contributed by atoms with E-state index in [-0.39, 0.29) is 0 Å². The van der Waals surface area contributed by atoms with Crippen LogP contribution in [0.25, 0.3) is 5.57 Å². The molecule has 0 aliphatic heterocycles. The maximum Gasteiger partial charge on any atom is 0.138 e. The molecule has 5 heteroatoms. The number of hydrogen-bond donors (Lipinski definition) is 2. The molecule has 0 bridgehead atoms. The second-order valence-corrected chi connectivity index (χ2v) is 6.08. The molecule has 0 aliphatic rings. The Morgan fingerprint density at radius 2 is 2.04 bits per heavy atom. The maximum atomic E-state index is 7.79. The van der Waals surface area contributed by atoms with Gasteiger partial charge in [0.25, 0.3) is 0 Å². The van der Waals surface area contributed by atoms with E-state index in [1.165, 1.54) is 4.90 Å². The summed E-state index contributed by atoms with van der Waals surface area (Å²) < 4.78 is 5.77. The molecule has 4 nitrogen and oxygen atoms in total. The summed E-state index contributed by atoms with van der Waals surface area (Å²) in [5.74, 6) is 0.694. The van der Waals surface area contributed by atoms with Gasteiger partial charge in [0.1, 0.15) is 12.4 Å². The number of allylic oxidation sites excluding steroid dienone is 2. The van der Waals surface area contributed by atoms with E-state index in [0.29, 0.717) is 35.0 Å².